The van der Waals surface area contributed by atoms with Gasteiger partial charge in [-0.3, -0.25) is 4.31 Å². The summed E-state index contributed by atoms with van der Waals surface area (Å²) in [4.78, 5) is 0. The van der Waals surface area contributed by atoms with Gasteiger partial charge in [-0.1, -0.05) is 18.2 Å². The maximum Gasteiger partial charge on any atom is 0.516 e. The highest BCUT2D eigenvalue weighted by Crippen LogP contribution is 2.30. The van der Waals surface area contributed by atoms with Crippen LogP contribution in [-0.4, -0.2) is 21.0 Å². The van der Waals surface area contributed by atoms with Crippen molar-refractivity contribution in [1.29, 1.82) is 0 Å². The molecular formula is C9H10F3NO2S. The van der Waals surface area contributed by atoms with E-state index in [0.29, 0.717) is 5.56 Å². The second-order valence-electron chi connectivity index (χ2n) is 3.20. The fraction of sp³-hybridized carbons (Fsp3) is 0.333. The summed E-state index contributed by atoms with van der Waals surface area (Å²) in [6.45, 7) is 1.54. The van der Waals surface area contributed by atoms with Gasteiger partial charge in [0.05, 0.1) is 5.69 Å². The number of anilines is 1. The topological polar surface area (TPSA) is 37.4 Å². The van der Waals surface area contributed by atoms with Gasteiger partial charge >= 0.3 is 15.5 Å². The summed E-state index contributed by atoms with van der Waals surface area (Å²) in [5, 5.41) is 0. The zero-order valence-electron chi connectivity index (χ0n) is 8.62. The number of hydrogen-bond acceptors (Lipinski definition) is 2. The van der Waals surface area contributed by atoms with Crippen LogP contribution in [0.5, 0.6) is 0 Å². The fourth-order valence-electron chi connectivity index (χ4n) is 1.20. The van der Waals surface area contributed by atoms with Crippen molar-refractivity contribution in [3.63, 3.8) is 0 Å². The first kappa shape index (κ1) is 12.8. The molecule has 0 spiro atoms. The normalized spacial score (nSPS) is 12.6. The van der Waals surface area contributed by atoms with E-state index < -0.39 is 15.5 Å². The minimum atomic E-state index is -5.32. The van der Waals surface area contributed by atoms with Gasteiger partial charge in [-0.05, 0) is 18.6 Å². The van der Waals surface area contributed by atoms with Gasteiger partial charge in [0.15, 0.2) is 0 Å². The molecule has 0 amide bonds. The molecule has 0 aliphatic rings. The van der Waals surface area contributed by atoms with Gasteiger partial charge in [0.2, 0.25) is 0 Å². The summed E-state index contributed by atoms with van der Waals surface area (Å²) in [6.07, 6.45) is 0. The maximum atomic E-state index is 12.3. The van der Waals surface area contributed by atoms with Gasteiger partial charge in [0.25, 0.3) is 0 Å². The molecule has 1 rings (SSSR count). The molecule has 7 heteroatoms. The first-order valence-corrected chi connectivity index (χ1v) is 5.73. The number of sulfonamides is 1. The van der Waals surface area contributed by atoms with Crippen LogP contribution in [-0.2, 0) is 10.0 Å². The summed E-state index contributed by atoms with van der Waals surface area (Å²) in [5.74, 6) is 0. The first-order valence-electron chi connectivity index (χ1n) is 4.29. The van der Waals surface area contributed by atoms with Gasteiger partial charge in [-0.25, -0.2) is 0 Å². The number of aryl methyl sites for hydroxylation is 1. The number of rotatable bonds is 2. The zero-order chi connectivity index (χ0) is 12.6. The van der Waals surface area contributed by atoms with E-state index in [0.717, 1.165) is 7.05 Å². The molecule has 0 aromatic heterocycles. The molecular weight excluding hydrogens is 243 g/mol. The number of para-hydroxylation sites is 1. The van der Waals surface area contributed by atoms with E-state index in [9.17, 15) is 21.6 Å². The Labute approximate surface area is 91.5 Å². The lowest BCUT2D eigenvalue weighted by atomic mass is 10.2. The zero-order valence-corrected chi connectivity index (χ0v) is 9.43. The van der Waals surface area contributed by atoms with E-state index in [1.807, 2.05) is 0 Å². The van der Waals surface area contributed by atoms with Crippen LogP contribution in [0.2, 0.25) is 0 Å². The Morgan fingerprint density at radius 2 is 1.69 bits per heavy atom. The monoisotopic (exact) mass is 253 g/mol. The Balaban J connectivity index is 3.24. The highest BCUT2D eigenvalue weighted by atomic mass is 32.2. The Hall–Kier alpha value is -1.24. The van der Waals surface area contributed by atoms with Crippen LogP contribution in [0.1, 0.15) is 5.56 Å². The summed E-state index contributed by atoms with van der Waals surface area (Å²) in [7, 11) is -4.44. The highest BCUT2D eigenvalue weighted by molar-refractivity contribution is 7.93. The van der Waals surface area contributed by atoms with Crippen LogP contribution in [0, 0.1) is 6.92 Å². The summed E-state index contributed by atoms with van der Waals surface area (Å²) < 4.78 is 59.3. The minimum Gasteiger partial charge on any atom is -0.266 e. The van der Waals surface area contributed by atoms with Crippen molar-refractivity contribution in [3.8, 4) is 0 Å². The molecule has 0 saturated heterocycles. The fourth-order valence-corrected chi connectivity index (χ4v) is 1.98. The predicted molar refractivity (Wildman–Crippen MR) is 54.6 cm³/mol. The van der Waals surface area contributed by atoms with Gasteiger partial charge < -0.3 is 0 Å². The molecule has 0 unspecified atom stereocenters. The molecule has 0 bridgehead atoms. The average molecular weight is 253 g/mol. The smallest absolute Gasteiger partial charge is 0.266 e. The van der Waals surface area contributed by atoms with Crippen LogP contribution in [0.25, 0.3) is 0 Å². The summed E-state index contributed by atoms with van der Waals surface area (Å²) in [5.41, 5.74) is -4.82. The van der Waals surface area contributed by atoms with E-state index in [1.54, 1.807) is 6.07 Å². The van der Waals surface area contributed by atoms with Crippen molar-refractivity contribution >= 4 is 15.7 Å². The van der Waals surface area contributed by atoms with Crippen LogP contribution >= 0.6 is 0 Å². The lowest BCUT2D eigenvalue weighted by Gasteiger charge is -2.22. The van der Waals surface area contributed by atoms with Crippen molar-refractivity contribution in [3.05, 3.63) is 29.8 Å². The molecule has 0 radical (unpaired) electrons. The third-order valence-electron chi connectivity index (χ3n) is 2.11. The Morgan fingerprint density at radius 1 is 1.19 bits per heavy atom. The second kappa shape index (κ2) is 3.97. The van der Waals surface area contributed by atoms with Gasteiger partial charge in [0.1, 0.15) is 0 Å². The molecule has 90 valence electrons. The number of halogens is 3. The third kappa shape index (κ3) is 2.13. The number of benzene rings is 1. The van der Waals surface area contributed by atoms with Crippen molar-refractivity contribution in [1.82, 2.24) is 0 Å². The van der Waals surface area contributed by atoms with Gasteiger partial charge in [-0.2, -0.15) is 21.6 Å². The molecule has 0 N–H and O–H groups in total. The lowest BCUT2D eigenvalue weighted by Crippen LogP contribution is -2.38. The van der Waals surface area contributed by atoms with E-state index in [1.165, 1.54) is 25.1 Å². The maximum absolute atomic E-state index is 12.3. The van der Waals surface area contributed by atoms with Gasteiger partial charge in [0, 0.05) is 7.05 Å². The predicted octanol–water partition coefficient (Wildman–Crippen LogP) is 2.28. The number of alkyl halides is 3. The Morgan fingerprint density at radius 3 is 2.12 bits per heavy atom. The summed E-state index contributed by atoms with van der Waals surface area (Å²) >= 11 is 0. The molecule has 1 aromatic rings. The first-order chi connectivity index (χ1) is 7.18. The van der Waals surface area contributed by atoms with Crippen LogP contribution in [0.3, 0.4) is 0 Å². The number of nitrogens with zero attached hydrogens (tertiary/aromatic N) is 1. The molecule has 0 saturated carbocycles. The third-order valence-corrected chi connectivity index (χ3v) is 3.61. The molecule has 0 atom stereocenters. The van der Waals surface area contributed by atoms with Crippen molar-refractivity contribution < 1.29 is 21.6 Å². The van der Waals surface area contributed by atoms with Crippen molar-refractivity contribution in [2.24, 2.45) is 0 Å². The SMILES string of the molecule is Cc1ccccc1N(C)S(=O)(=O)C(F)(F)F. The average Bonchev–Trinajstić information content (AvgIpc) is 2.15. The molecule has 0 aliphatic carbocycles. The van der Waals surface area contributed by atoms with Crippen LogP contribution in [0.4, 0.5) is 18.9 Å². The van der Waals surface area contributed by atoms with E-state index in [4.69, 9.17) is 0 Å². The molecule has 1 aromatic carbocycles. The van der Waals surface area contributed by atoms with Crippen molar-refractivity contribution in [2.75, 3.05) is 11.4 Å². The largest absolute Gasteiger partial charge is 0.516 e. The Bertz CT molecular complexity index is 482. The summed E-state index contributed by atoms with van der Waals surface area (Å²) in [6, 6.07) is 5.95. The second-order valence-corrected chi connectivity index (χ2v) is 5.17. The van der Waals surface area contributed by atoms with E-state index in [2.05, 4.69) is 0 Å². The van der Waals surface area contributed by atoms with Gasteiger partial charge in [-0.15, -0.1) is 0 Å². The van der Waals surface area contributed by atoms with Crippen LogP contribution in [0.15, 0.2) is 24.3 Å². The molecule has 0 heterocycles. The molecule has 3 nitrogen and oxygen atoms in total. The molecule has 0 fully saturated rings. The van der Waals surface area contributed by atoms with E-state index in [-0.39, 0.29) is 9.99 Å². The van der Waals surface area contributed by atoms with E-state index >= 15 is 0 Å². The lowest BCUT2D eigenvalue weighted by molar-refractivity contribution is -0.0437. The highest BCUT2D eigenvalue weighted by Gasteiger charge is 2.49. The van der Waals surface area contributed by atoms with Crippen LogP contribution < -0.4 is 4.31 Å². The molecule has 16 heavy (non-hydrogen) atoms. The minimum absolute atomic E-state index is 0.0137. The Kier molecular flexibility index (Phi) is 3.18. The number of hydrogen-bond donors (Lipinski definition) is 0. The molecule has 0 aliphatic heterocycles. The quantitative estimate of drug-likeness (QED) is 0.810. The van der Waals surface area contributed by atoms with Crippen molar-refractivity contribution in [2.45, 2.75) is 12.4 Å². The standard InChI is InChI=1S/C9H10F3NO2S/c1-7-5-3-4-6-8(7)13(2)16(14,15)9(10,11)12/h3-6H,1-2H3.